The zero-order valence-electron chi connectivity index (χ0n) is 15.0. The number of nitrogens with zero attached hydrogens (tertiary/aromatic N) is 1. The summed E-state index contributed by atoms with van der Waals surface area (Å²) in [6.07, 6.45) is 1.28. The van der Waals surface area contributed by atoms with Gasteiger partial charge in [-0.15, -0.1) is 0 Å². The van der Waals surface area contributed by atoms with Crippen LogP contribution in [0.5, 0.6) is 0 Å². The van der Waals surface area contributed by atoms with Crippen LogP contribution in [0.25, 0.3) is 17.4 Å². The van der Waals surface area contributed by atoms with Crippen LogP contribution in [-0.4, -0.2) is 17.8 Å². The van der Waals surface area contributed by atoms with Crippen molar-refractivity contribution in [3.8, 4) is 11.3 Å². The molecule has 0 radical (unpaired) electrons. The number of benzene rings is 2. The standard InChI is InChI=1S/C21H11BrCl2N2O4/c22-12-6-4-11(5-7-12)17-9-8-13(30-17)10-14-19(27)25-21(29)26(20(14)28)16-3-1-2-15(23)18(16)24/h1-10H,(H,25,27,29)/b14-10-. The maximum atomic E-state index is 13.0. The van der Waals surface area contributed by atoms with Crippen LogP contribution >= 0.6 is 39.1 Å². The Kier molecular flexibility index (Phi) is 5.51. The molecule has 0 atom stereocenters. The van der Waals surface area contributed by atoms with E-state index in [9.17, 15) is 14.4 Å². The normalized spacial score (nSPS) is 15.6. The zero-order chi connectivity index (χ0) is 21.4. The molecule has 0 saturated carbocycles. The Bertz CT molecular complexity index is 1220. The summed E-state index contributed by atoms with van der Waals surface area (Å²) in [6.45, 7) is 0. The van der Waals surface area contributed by atoms with Gasteiger partial charge in [0.15, 0.2) is 0 Å². The molecule has 1 aliphatic heterocycles. The highest BCUT2D eigenvalue weighted by Gasteiger charge is 2.38. The Morgan fingerprint density at radius 3 is 2.43 bits per heavy atom. The summed E-state index contributed by atoms with van der Waals surface area (Å²) >= 11 is 15.5. The molecule has 4 amide bonds. The number of halogens is 3. The summed E-state index contributed by atoms with van der Waals surface area (Å²) in [4.78, 5) is 38.3. The number of barbiturate groups is 1. The fraction of sp³-hybridized carbons (Fsp3) is 0. The fourth-order valence-electron chi connectivity index (χ4n) is 2.88. The number of amides is 4. The molecule has 4 rings (SSSR count). The molecule has 1 aromatic heterocycles. The largest absolute Gasteiger partial charge is 0.457 e. The third-order valence-corrected chi connectivity index (χ3v) is 5.65. The molecule has 2 aromatic carbocycles. The van der Waals surface area contributed by atoms with Gasteiger partial charge in [0.25, 0.3) is 11.8 Å². The first-order valence-corrected chi connectivity index (χ1v) is 10.1. The summed E-state index contributed by atoms with van der Waals surface area (Å²) < 4.78 is 6.67. The number of furan rings is 1. The van der Waals surface area contributed by atoms with E-state index in [0.717, 1.165) is 14.9 Å². The molecule has 1 fully saturated rings. The fourth-order valence-corrected chi connectivity index (χ4v) is 3.53. The van der Waals surface area contributed by atoms with Crippen LogP contribution in [-0.2, 0) is 9.59 Å². The first kappa shape index (κ1) is 20.4. The predicted octanol–water partition coefficient (Wildman–Crippen LogP) is 5.68. The molecular weight excluding hydrogens is 495 g/mol. The van der Waals surface area contributed by atoms with E-state index in [4.69, 9.17) is 27.6 Å². The Morgan fingerprint density at radius 2 is 1.70 bits per heavy atom. The lowest BCUT2D eigenvalue weighted by atomic mass is 10.1. The average molecular weight is 506 g/mol. The summed E-state index contributed by atoms with van der Waals surface area (Å²) in [5.74, 6) is -0.836. The van der Waals surface area contributed by atoms with Crippen molar-refractivity contribution in [1.29, 1.82) is 0 Å². The van der Waals surface area contributed by atoms with Crippen molar-refractivity contribution in [3.63, 3.8) is 0 Å². The molecule has 0 unspecified atom stereocenters. The maximum absolute atomic E-state index is 13.0. The Balaban J connectivity index is 1.70. The molecule has 30 heavy (non-hydrogen) atoms. The molecule has 9 heteroatoms. The zero-order valence-corrected chi connectivity index (χ0v) is 18.1. The number of hydrogen-bond donors (Lipinski definition) is 1. The van der Waals surface area contributed by atoms with Gasteiger partial charge in [0.1, 0.15) is 17.1 Å². The molecule has 3 aromatic rings. The van der Waals surface area contributed by atoms with E-state index >= 15 is 0 Å². The number of imide groups is 2. The molecule has 2 heterocycles. The van der Waals surface area contributed by atoms with E-state index in [-0.39, 0.29) is 27.1 Å². The predicted molar refractivity (Wildman–Crippen MR) is 117 cm³/mol. The van der Waals surface area contributed by atoms with Gasteiger partial charge in [-0.3, -0.25) is 14.9 Å². The quantitative estimate of drug-likeness (QED) is 0.366. The van der Waals surface area contributed by atoms with Gasteiger partial charge in [0, 0.05) is 10.0 Å². The lowest BCUT2D eigenvalue weighted by molar-refractivity contribution is -0.122. The van der Waals surface area contributed by atoms with Gasteiger partial charge in [-0.25, -0.2) is 9.69 Å². The molecule has 6 nitrogen and oxygen atoms in total. The number of nitrogens with one attached hydrogen (secondary N) is 1. The monoisotopic (exact) mass is 504 g/mol. The molecule has 0 bridgehead atoms. The van der Waals surface area contributed by atoms with Gasteiger partial charge in [-0.05, 0) is 42.5 Å². The molecule has 1 aliphatic rings. The van der Waals surface area contributed by atoms with Crippen LogP contribution in [0.15, 0.2) is 69.1 Å². The van der Waals surface area contributed by atoms with Crippen molar-refractivity contribution in [1.82, 2.24) is 5.32 Å². The molecule has 1 saturated heterocycles. The van der Waals surface area contributed by atoms with Crippen molar-refractivity contribution in [2.45, 2.75) is 0 Å². The van der Waals surface area contributed by atoms with Gasteiger partial charge < -0.3 is 4.42 Å². The number of rotatable bonds is 3. The number of hydrogen-bond acceptors (Lipinski definition) is 4. The van der Waals surface area contributed by atoms with Gasteiger partial charge in [0.2, 0.25) is 0 Å². The number of carbonyl (C=O) groups excluding carboxylic acids is 3. The smallest absolute Gasteiger partial charge is 0.336 e. The molecular formula is C21H11BrCl2N2O4. The second kappa shape index (κ2) is 8.10. The average Bonchev–Trinajstić information content (AvgIpc) is 3.17. The van der Waals surface area contributed by atoms with E-state index < -0.39 is 17.8 Å². The summed E-state index contributed by atoms with van der Waals surface area (Å²) in [7, 11) is 0. The second-order valence-electron chi connectivity index (χ2n) is 6.24. The number of urea groups is 1. The van der Waals surface area contributed by atoms with E-state index in [2.05, 4.69) is 21.2 Å². The van der Waals surface area contributed by atoms with Crippen LogP contribution in [0.3, 0.4) is 0 Å². The summed E-state index contributed by atoms with van der Waals surface area (Å²) in [5, 5.41) is 2.32. The lowest BCUT2D eigenvalue weighted by Crippen LogP contribution is -2.54. The van der Waals surface area contributed by atoms with Gasteiger partial charge in [-0.1, -0.05) is 57.3 Å². The minimum atomic E-state index is -0.915. The molecule has 0 spiro atoms. The van der Waals surface area contributed by atoms with Crippen molar-refractivity contribution in [2.24, 2.45) is 0 Å². The van der Waals surface area contributed by atoms with Crippen LogP contribution in [0, 0.1) is 0 Å². The third kappa shape index (κ3) is 3.79. The second-order valence-corrected chi connectivity index (χ2v) is 7.94. The van der Waals surface area contributed by atoms with Crippen molar-refractivity contribution >= 4 is 68.7 Å². The highest BCUT2D eigenvalue weighted by atomic mass is 79.9. The Labute approximate surface area is 189 Å². The highest BCUT2D eigenvalue weighted by Crippen LogP contribution is 2.34. The number of carbonyl (C=O) groups is 3. The minimum Gasteiger partial charge on any atom is -0.457 e. The van der Waals surface area contributed by atoms with Crippen molar-refractivity contribution < 1.29 is 18.8 Å². The first-order valence-electron chi connectivity index (χ1n) is 8.56. The van der Waals surface area contributed by atoms with E-state index in [1.165, 1.54) is 18.2 Å². The molecule has 150 valence electrons. The topological polar surface area (TPSA) is 79.6 Å². The minimum absolute atomic E-state index is 0.0203. The van der Waals surface area contributed by atoms with Gasteiger partial charge in [-0.2, -0.15) is 0 Å². The third-order valence-electron chi connectivity index (χ3n) is 4.32. The van der Waals surface area contributed by atoms with Gasteiger partial charge in [0.05, 0.1) is 15.7 Å². The van der Waals surface area contributed by atoms with Gasteiger partial charge >= 0.3 is 6.03 Å². The maximum Gasteiger partial charge on any atom is 0.336 e. The van der Waals surface area contributed by atoms with Crippen molar-refractivity contribution in [3.05, 3.63) is 80.4 Å². The van der Waals surface area contributed by atoms with E-state index in [1.54, 1.807) is 18.2 Å². The van der Waals surface area contributed by atoms with Crippen LogP contribution < -0.4 is 10.2 Å². The highest BCUT2D eigenvalue weighted by molar-refractivity contribution is 9.10. The summed E-state index contributed by atoms with van der Waals surface area (Å²) in [6, 6.07) is 14.4. The lowest BCUT2D eigenvalue weighted by Gasteiger charge is -2.27. The molecule has 0 aliphatic carbocycles. The Morgan fingerprint density at radius 1 is 0.967 bits per heavy atom. The van der Waals surface area contributed by atoms with E-state index in [1.807, 2.05) is 24.3 Å². The van der Waals surface area contributed by atoms with Crippen LogP contribution in [0.2, 0.25) is 10.0 Å². The van der Waals surface area contributed by atoms with E-state index in [0.29, 0.717) is 5.76 Å². The van der Waals surface area contributed by atoms with Crippen LogP contribution in [0.4, 0.5) is 10.5 Å². The van der Waals surface area contributed by atoms with Crippen LogP contribution in [0.1, 0.15) is 5.76 Å². The molecule has 1 N–H and O–H groups in total. The first-order chi connectivity index (χ1) is 14.3. The summed E-state index contributed by atoms with van der Waals surface area (Å²) in [5.41, 5.74) is 0.618. The number of anilines is 1. The Hall–Kier alpha value is -2.87. The van der Waals surface area contributed by atoms with Crippen molar-refractivity contribution in [2.75, 3.05) is 4.90 Å². The SMILES string of the molecule is O=C1NC(=O)N(c2cccc(Cl)c2Cl)C(=O)/C1=C\c1ccc(-c2ccc(Br)cc2)o1.